The molecule has 0 spiro atoms. The van der Waals surface area contributed by atoms with Crippen molar-refractivity contribution in [1.82, 2.24) is 14.9 Å². The van der Waals surface area contributed by atoms with Crippen LogP contribution in [0, 0.1) is 0 Å². The van der Waals surface area contributed by atoms with Crippen molar-refractivity contribution >= 4 is 16.9 Å². The number of aromatic nitrogens is 2. The van der Waals surface area contributed by atoms with E-state index < -0.39 is 0 Å². The Morgan fingerprint density at radius 1 is 1.03 bits per heavy atom. The van der Waals surface area contributed by atoms with Crippen LogP contribution in [0.15, 0.2) is 79.1 Å². The number of hydrogen-bond acceptors (Lipinski definition) is 2. The van der Waals surface area contributed by atoms with Gasteiger partial charge in [-0.05, 0) is 54.2 Å². The molecule has 1 aliphatic heterocycles. The summed E-state index contributed by atoms with van der Waals surface area (Å²) in [7, 11) is 0. The van der Waals surface area contributed by atoms with Gasteiger partial charge in [0, 0.05) is 23.6 Å². The second-order valence-corrected chi connectivity index (χ2v) is 8.55. The number of benzene rings is 3. The first kappa shape index (κ1) is 17.5. The number of fused-ring (bicyclic) bond motifs is 5. The Morgan fingerprint density at radius 2 is 1.87 bits per heavy atom. The first-order valence-corrected chi connectivity index (χ1v) is 10.6. The summed E-state index contributed by atoms with van der Waals surface area (Å²) in [6.07, 6.45) is 4.52. The van der Waals surface area contributed by atoms with Gasteiger partial charge in [0.05, 0.1) is 17.4 Å². The average Bonchev–Trinajstić information content (AvgIpc) is 3.27. The smallest absolute Gasteiger partial charge is 0.254 e. The van der Waals surface area contributed by atoms with Gasteiger partial charge in [-0.2, -0.15) is 0 Å². The molecule has 4 aromatic rings. The molecule has 2 atom stereocenters. The second kappa shape index (κ2) is 6.56. The van der Waals surface area contributed by atoms with Crippen molar-refractivity contribution in [2.45, 2.75) is 30.7 Å². The van der Waals surface area contributed by atoms with Crippen LogP contribution in [0.5, 0.6) is 0 Å². The van der Waals surface area contributed by atoms with E-state index in [-0.39, 0.29) is 17.4 Å². The molecular formula is C26H23N3O. The molecule has 2 unspecified atom stereocenters. The molecule has 1 amide bonds. The van der Waals surface area contributed by atoms with Crippen LogP contribution in [0.2, 0.25) is 0 Å². The number of likely N-dealkylation sites (tertiary alicyclic amines) is 1. The molecule has 4 nitrogen and oxygen atoms in total. The Kier molecular flexibility index (Phi) is 3.82. The molecule has 1 saturated heterocycles. The fourth-order valence-electron chi connectivity index (χ4n) is 5.63. The zero-order valence-corrected chi connectivity index (χ0v) is 16.7. The zero-order chi connectivity index (χ0) is 20.1. The fourth-order valence-corrected chi connectivity index (χ4v) is 5.63. The van der Waals surface area contributed by atoms with Crippen LogP contribution in [0.1, 0.15) is 39.9 Å². The lowest BCUT2D eigenvalue weighted by atomic mass is 9.60. The van der Waals surface area contributed by atoms with Gasteiger partial charge in [0.1, 0.15) is 0 Å². The minimum atomic E-state index is -0.00905. The Balaban J connectivity index is 1.40. The maximum Gasteiger partial charge on any atom is 0.254 e. The molecule has 2 aliphatic rings. The summed E-state index contributed by atoms with van der Waals surface area (Å²) in [5, 5.41) is 0. The maximum atomic E-state index is 13.5. The minimum absolute atomic E-state index is 0.00905. The third-order valence-corrected chi connectivity index (χ3v) is 7.05. The minimum Gasteiger partial charge on any atom is -0.345 e. The van der Waals surface area contributed by atoms with Gasteiger partial charge in [-0.1, -0.05) is 54.6 Å². The summed E-state index contributed by atoms with van der Waals surface area (Å²) in [5.74, 6) is 0.123. The Morgan fingerprint density at radius 3 is 2.77 bits per heavy atom. The molecule has 1 aliphatic carbocycles. The van der Waals surface area contributed by atoms with Gasteiger partial charge >= 0.3 is 0 Å². The number of nitrogens with zero attached hydrogens (tertiary/aromatic N) is 2. The molecule has 3 aromatic carbocycles. The number of imidazole rings is 1. The van der Waals surface area contributed by atoms with E-state index in [1.54, 1.807) is 6.33 Å². The monoisotopic (exact) mass is 393 g/mol. The number of amides is 1. The molecule has 1 aromatic heterocycles. The summed E-state index contributed by atoms with van der Waals surface area (Å²) in [6, 6.07) is 25.6. The molecule has 0 radical (unpaired) electrons. The molecule has 1 N–H and O–H groups in total. The van der Waals surface area contributed by atoms with Gasteiger partial charge in [0.2, 0.25) is 0 Å². The quantitative estimate of drug-likeness (QED) is 0.536. The summed E-state index contributed by atoms with van der Waals surface area (Å²) < 4.78 is 0. The number of rotatable bonds is 2. The highest BCUT2D eigenvalue weighted by atomic mass is 16.2. The van der Waals surface area contributed by atoms with Crippen molar-refractivity contribution in [2.24, 2.45) is 0 Å². The maximum absolute atomic E-state index is 13.5. The first-order valence-electron chi connectivity index (χ1n) is 10.6. The summed E-state index contributed by atoms with van der Waals surface area (Å²) >= 11 is 0. The van der Waals surface area contributed by atoms with Crippen molar-refractivity contribution in [3.63, 3.8) is 0 Å². The third kappa shape index (κ3) is 2.53. The molecule has 6 rings (SSSR count). The summed E-state index contributed by atoms with van der Waals surface area (Å²) in [6.45, 7) is 0.772. The summed E-state index contributed by atoms with van der Waals surface area (Å²) in [5.41, 5.74) is 6.71. The second-order valence-electron chi connectivity index (χ2n) is 8.55. The van der Waals surface area contributed by atoms with Gasteiger partial charge < -0.3 is 9.88 Å². The van der Waals surface area contributed by atoms with Crippen molar-refractivity contribution in [2.75, 3.05) is 6.54 Å². The van der Waals surface area contributed by atoms with Crippen LogP contribution in [-0.2, 0) is 11.8 Å². The Bertz CT molecular complexity index is 1250. The number of carbonyl (C=O) groups is 1. The highest BCUT2D eigenvalue weighted by Crippen LogP contribution is 2.49. The number of carbonyl (C=O) groups excluding carboxylic acids is 1. The first-order chi connectivity index (χ1) is 14.7. The molecule has 148 valence electrons. The van der Waals surface area contributed by atoms with Crippen LogP contribution in [-0.4, -0.2) is 33.4 Å². The zero-order valence-electron chi connectivity index (χ0n) is 16.7. The van der Waals surface area contributed by atoms with E-state index in [4.69, 9.17) is 0 Å². The average molecular weight is 393 g/mol. The highest BCUT2D eigenvalue weighted by Gasteiger charge is 2.47. The Labute approximate surface area is 175 Å². The van der Waals surface area contributed by atoms with Crippen LogP contribution < -0.4 is 0 Å². The largest absolute Gasteiger partial charge is 0.345 e. The predicted octanol–water partition coefficient (Wildman–Crippen LogP) is 4.71. The van der Waals surface area contributed by atoms with Gasteiger partial charge in [0.25, 0.3) is 5.91 Å². The fraction of sp³-hybridized carbons (Fsp3) is 0.231. The number of H-pyrrole nitrogens is 1. The molecule has 2 heterocycles. The lowest BCUT2D eigenvalue weighted by molar-refractivity contribution is 0.0512. The lowest BCUT2D eigenvalue weighted by Gasteiger charge is -2.51. The van der Waals surface area contributed by atoms with Crippen molar-refractivity contribution in [1.29, 1.82) is 0 Å². The number of nitrogens with one attached hydrogen (secondary N) is 1. The molecule has 1 fully saturated rings. The molecule has 4 heteroatoms. The topological polar surface area (TPSA) is 49.0 Å². The van der Waals surface area contributed by atoms with Gasteiger partial charge in [-0.3, -0.25) is 4.79 Å². The van der Waals surface area contributed by atoms with Crippen LogP contribution >= 0.6 is 0 Å². The highest BCUT2D eigenvalue weighted by molar-refractivity contribution is 5.97. The van der Waals surface area contributed by atoms with E-state index >= 15 is 0 Å². The van der Waals surface area contributed by atoms with Gasteiger partial charge in [-0.15, -0.1) is 0 Å². The van der Waals surface area contributed by atoms with E-state index in [1.165, 1.54) is 16.7 Å². The molecular weight excluding hydrogens is 370 g/mol. The number of piperidine rings is 1. The van der Waals surface area contributed by atoms with E-state index in [9.17, 15) is 4.79 Å². The van der Waals surface area contributed by atoms with Gasteiger partial charge in [-0.25, -0.2) is 4.98 Å². The van der Waals surface area contributed by atoms with Gasteiger partial charge in [0.15, 0.2) is 0 Å². The van der Waals surface area contributed by atoms with E-state index in [2.05, 4.69) is 69.5 Å². The van der Waals surface area contributed by atoms with Crippen LogP contribution in [0.4, 0.5) is 0 Å². The van der Waals surface area contributed by atoms with E-state index in [0.29, 0.717) is 0 Å². The van der Waals surface area contributed by atoms with Crippen molar-refractivity contribution in [3.05, 3.63) is 101 Å². The van der Waals surface area contributed by atoms with Crippen LogP contribution in [0.3, 0.4) is 0 Å². The molecule has 0 saturated carbocycles. The summed E-state index contributed by atoms with van der Waals surface area (Å²) in [4.78, 5) is 23.0. The van der Waals surface area contributed by atoms with E-state index in [0.717, 1.165) is 42.4 Å². The lowest BCUT2D eigenvalue weighted by Crippen LogP contribution is -2.55. The molecule has 30 heavy (non-hydrogen) atoms. The number of aromatic amines is 1. The standard InChI is InChI=1S/C26H23N3O/c30-25(19-10-11-23-24(15-19)28-17-27-23)29-13-12-26(20-7-2-1-3-8-20)16-21(29)14-18-6-4-5-9-22(18)26/h1-11,15,17,21H,12-14,16H2,(H,27,28). The third-order valence-electron chi connectivity index (χ3n) is 7.05. The van der Waals surface area contributed by atoms with Crippen molar-refractivity contribution in [3.8, 4) is 0 Å². The Hall–Kier alpha value is -3.40. The molecule has 2 bridgehead atoms. The predicted molar refractivity (Wildman–Crippen MR) is 118 cm³/mol. The van der Waals surface area contributed by atoms with E-state index in [1.807, 2.05) is 18.2 Å². The SMILES string of the molecule is O=C(c1ccc2nc[nH]c2c1)N1CCC2(c3ccccc3)CC1Cc1ccccc12. The van der Waals surface area contributed by atoms with Crippen LogP contribution in [0.25, 0.3) is 11.0 Å². The van der Waals surface area contributed by atoms with Crippen molar-refractivity contribution < 1.29 is 4.79 Å². The normalized spacial score (nSPS) is 22.7. The number of hydrogen-bond donors (Lipinski definition) is 1.